The molecule has 0 bridgehead atoms. The second-order valence-electron chi connectivity index (χ2n) is 5.20. The zero-order valence-corrected chi connectivity index (χ0v) is 11.0. The van der Waals surface area contributed by atoms with Gasteiger partial charge in [-0.2, -0.15) is 0 Å². The second kappa shape index (κ2) is 6.27. The van der Waals surface area contributed by atoms with Crippen LogP contribution >= 0.6 is 0 Å². The van der Waals surface area contributed by atoms with Crippen LogP contribution in [-0.2, 0) is 11.3 Å². The lowest BCUT2D eigenvalue weighted by molar-refractivity contribution is -0.0154. The van der Waals surface area contributed by atoms with Gasteiger partial charge in [-0.25, -0.2) is 0 Å². The van der Waals surface area contributed by atoms with E-state index in [1.54, 1.807) is 0 Å². The molecule has 2 N–H and O–H groups in total. The van der Waals surface area contributed by atoms with E-state index >= 15 is 0 Å². The number of aliphatic hydroxyl groups excluding tert-OH is 1. The largest absolute Gasteiger partial charge is 0.396 e. The lowest BCUT2D eigenvalue weighted by Gasteiger charge is -2.35. The van der Waals surface area contributed by atoms with Crippen LogP contribution in [0.3, 0.4) is 0 Å². The molecule has 2 heterocycles. The van der Waals surface area contributed by atoms with Crippen molar-refractivity contribution in [1.29, 1.82) is 0 Å². The van der Waals surface area contributed by atoms with Gasteiger partial charge in [-0.05, 0) is 31.4 Å². The third kappa shape index (κ3) is 3.51. The van der Waals surface area contributed by atoms with Crippen LogP contribution in [0.25, 0.3) is 0 Å². The number of aromatic nitrogens is 1. The van der Waals surface area contributed by atoms with Crippen molar-refractivity contribution in [3.8, 4) is 0 Å². The van der Waals surface area contributed by atoms with Crippen molar-refractivity contribution in [1.82, 2.24) is 10.3 Å². The van der Waals surface area contributed by atoms with Crippen molar-refractivity contribution in [3.63, 3.8) is 0 Å². The maximum absolute atomic E-state index is 9.56. The first-order valence-corrected chi connectivity index (χ1v) is 6.55. The zero-order valence-electron chi connectivity index (χ0n) is 11.0. The molecule has 1 aromatic rings. The standard InChI is InChI=1S/C14H22N2O2/c1-12-2-3-13(16-8-12)9-15-10-14(11-17)4-6-18-7-5-14/h2-3,8,15,17H,4-7,9-11H2,1H3. The van der Waals surface area contributed by atoms with Crippen LogP contribution in [0.1, 0.15) is 24.1 Å². The Hall–Kier alpha value is -0.970. The van der Waals surface area contributed by atoms with E-state index in [-0.39, 0.29) is 12.0 Å². The smallest absolute Gasteiger partial charge is 0.0541 e. The van der Waals surface area contributed by atoms with E-state index in [4.69, 9.17) is 4.74 Å². The minimum Gasteiger partial charge on any atom is -0.396 e. The molecule has 0 unspecified atom stereocenters. The quantitative estimate of drug-likeness (QED) is 0.826. The van der Waals surface area contributed by atoms with E-state index in [0.717, 1.165) is 44.8 Å². The third-order valence-corrected chi connectivity index (χ3v) is 3.67. The summed E-state index contributed by atoms with van der Waals surface area (Å²) in [6.45, 7) is 5.35. The Morgan fingerprint density at radius 3 is 2.78 bits per heavy atom. The fraction of sp³-hybridized carbons (Fsp3) is 0.643. The van der Waals surface area contributed by atoms with E-state index in [2.05, 4.69) is 16.4 Å². The summed E-state index contributed by atoms with van der Waals surface area (Å²) in [4.78, 5) is 4.36. The minimum absolute atomic E-state index is 0.0110. The predicted molar refractivity (Wildman–Crippen MR) is 70.3 cm³/mol. The van der Waals surface area contributed by atoms with Crippen molar-refractivity contribution in [2.75, 3.05) is 26.4 Å². The van der Waals surface area contributed by atoms with Gasteiger partial charge in [-0.1, -0.05) is 6.07 Å². The molecule has 1 fully saturated rings. The summed E-state index contributed by atoms with van der Waals surface area (Å²) in [6, 6.07) is 4.11. The molecule has 0 radical (unpaired) electrons. The van der Waals surface area contributed by atoms with E-state index < -0.39 is 0 Å². The minimum atomic E-state index is -0.0110. The lowest BCUT2D eigenvalue weighted by Crippen LogP contribution is -2.41. The molecular formula is C14H22N2O2. The molecule has 0 aliphatic carbocycles. The summed E-state index contributed by atoms with van der Waals surface area (Å²) in [6.07, 6.45) is 3.74. The molecule has 2 rings (SSSR count). The lowest BCUT2D eigenvalue weighted by atomic mass is 9.81. The van der Waals surface area contributed by atoms with Gasteiger partial charge in [0, 0.05) is 37.9 Å². The first-order valence-electron chi connectivity index (χ1n) is 6.55. The predicted octanol–water partition coefficient (Wildman–Crippen LogP) is 1.27. The molecule has 0 atom stereocenters. The molecule has 4 nitrogen and oxygen atoms in total. The number of ether oxygens (including phenoxy) is 1. The monoisotopic (exact) mass is 250 g/mol. The molecule has 1 aromatic heterocycles. The Balaban J connectivity index is 1.81. The van der Waals surface area contributed by atoms with Crippen molar-refractivity contribution in [2.45, 2.75) is 26.3 Å². The van der Waals surface area contributed by atoms with Crippen LogP contribution in [0.2, 0.25) is 0 Å². The van der Waals surface area contributed by atoms with E-state index in [9.17, 15) is 5.11 Å². The van der Waals surface area contributed by atoms with Gasteiger partial charge < -0.3 is 15.2 Å². The number of pyridine rings is 1. The molecule has 1 saturated heterocycles. The summed E-state index contributed by atoms with van der Waals surface area (Å²) in [5.41, 5.74) is 2.21. The molecule has 4 heteroatoms. The SMILES string of the molecule is Cc1ccc(CNCC2(CO)CCOCC2)nc1. The van der Waals surface area contributed by atoms with Crippen LogP contribution in [0, 0.1) is 12.3 Å². The average Bonchev–Trinajstić information content (AvgIpc) is 2.42. The molecule has 100 valence electrons. The fourth-order valence-electron chi connectivity index (χ4n) is 2.25. The fourth-order valence-corrected chi connectivity index (χ4v) is 2.25. The molecule has 0 amide bonds. The molecule has 0 saturated carbocycles. The van der Waals surface area contributed by atoms with Crippen molar-refractivity contribution in [3.05, 3.63) is 29.6 Å². The highest BCUT2D eigenvalue weighted by Crippen LogP contribution is 2.28. The third-order valence-electron chi connectivity index (χ3n) is 3.67. The van der Waals surface area contributed by atoms with Crippen molar-refractivity contribution < 1.29 is 9.84 Å². The molecule has 1 aliphatic heterocycles. The van der Waals surface area contributed by atoms with Gasteiger partial charge >= 0.3 is 0 Å². The number of aliphatic hydroxyl groups is 1. The normalized spacial score (nSPS) is 18.8. The highest BCUT2D eigenvalue weighted by atomic mass is 16.5. The number of nitrogens with one attached hydrogen (secondary N) is 1. The second-order valence-corrected chi connectivity index (χ2v) is 5.20. The van der Waals surface area contributed by atoms with Gasteiger partial charge in [-0.15, -0.1) is 0 Å². The summed E-state index contributed by atoms with van der Waals surface area (Å²) in [7, 11) is 0. The van der Waals surface area contributed by atoms with Gasteiger partial charge in [0.25, 0.3) is 0 Å². The van der Waals surface area contributed by atoms with Crippen LogP contribution in [-0.4, -0.2) is 36.5 Å². The maximum Gasteiger partial charge on any atom is 0.0541 e. The Morgan fingerprint density at radius 1 is 1.39 bits per heavy atom. The maximum atomic E-state index is 9.56. The van der Waals surface area contributed by atoms with Crippen LogP contribution in [0.4, 0.5) is 0 Å². The number of nitrogens with zero attached hydrogens (tertiary/aromatic N) is 1. The van der Waals surface area contributed by atoms with Gasteiger partial charge in [0.1, 0.15) is 0 Å². The Bertz CT molecular complexity index is 359. The van der Waals surface area contributed by atoms with E-state index in [1.807, 2.05) is 19.2 Å². The van der Waals surface area contributed by atoms with Crippen molar-refractivity contribution in [2.24, 2.45) is 5.41 Å². The molecule has 1 aliphatic rings. The Kier molecular flexibility index (Phi) is 4.69. The first kappa shape index (κ1) is 13.5. The summed E-state index contributed by atoms with van der Waals surface area (Å²) in [5.74, 6) is 0. The summed E-state index contributed by atoms with van der Waals surface area (Å²) < 4.78 is 5.35. The number of aryl methyl sites for hydroxylation is 1. The van der Waals surface area contributed by atoms with Crippen LogP contribution in [0.5, 0.6) is 0 Å². The molecular weight excluding hydrogens is 228 g/mol. The van der Waals surface area contributed by atoms with E-state index in [1.165, 1.54) is 5.56 Å². The highest BCUT2D eigenvalue weighted by Gasteiger charge is 2.31. The molecule has 18 heavy (non-hydrogen) atoms. The van der Waals surface area contributed by atoms with E-state index in [0.29, 0.717) is 0 Å². The number of rotatable bonds is 5. The van der Waals surface area contributed by atoms with Crippen LogP contribution in [0.15, 0.2) is 18.3 Å². The van der Waals surface area contributed by atoms with Gasteiger partial charge in [0.15, 0.2) is 0 Å². The first-order chi connectivity index (χ1) is 8.74. The number of hydrogen-bond donors (Lipinski definition) is 2. The van der Waals surface area contributed by atoms with Gasteiger partial charge in [0.2, 0.25) is 0 Å². The highest BCUT2D eigenvalue weighted by molar-refractivity contribution is 5.11. The Labute approximate surface area is 108 Å². The molecule has 0 aromatic carbocycles. The van der Waals surface area contributed by atoms with Gasteiger partial charge in [-0.3, -0.25) is 4.98 Å². The summed E-state index contributed by atoms with van der Waals surface area (Å²) in [5, 5.41) is 13.0. The number of hydrogen-bond acceptors (Lipinski definition) is 4. The van der Waals surface area contributed by atoms with Crippen molar-refractivity contribution >= 4 is 0 Å². The summed E-state index contributed by atoms with van der Waals surface area (Å²) >= 11 is 0. The zero-order chi connectivity index (χ0) is 12.8. The van der Waals surface area contributed by atoms with Crippen LogP contribution < -0.4 is 5.32 Å². The topological polar surface area (TPSA) is 54.4 Å². The van der Waals surface area contributed by atoms with Gasteiger partial charge in [0.05, 0.1) is 12.3 Å². The molecule has 0 spiro atoms. The Morgan fingerprint density at radius 2 is 2.17 bits per heavy atom. The average molecular weight is 250 g/mol.